The molecule has 0 saturated carbocycles. The molecule has 2 aromatic carbocycles. The number of benzene rings is 2. The molecule has 7 heteroatoms. The summed E-state index contributed by atoms with van der Waals surface area (Å²) in [7, 11) is 0. The molecule has 0 aliphatic rings. The van der Waals surface area contributed by atoms with Gasteiger partial charge >= 0.3 is 0 Å². The number of anilines is 2. The molecular weight excluding hydrogens is 392 g/mol. The van der Waals surface area contributed by atoms with Crippen LogP contribution in [-0.2, 0) is 9.59 Å². The maximum absolute atomic E-state index is 12.6. The van der Waals surface area contributed by atoms with Crippen LogP contribution in [0.5, 0.6) is 0 Å². The SMILES string of the molecule is CCN(CCC(=O)Nc1ccc(C(N)=O)cc1)CC(=O)Nc1c(C)cccc1C(C)C. The first-order valence-electron chi connectivity index (χ1n) is 10.5. The van der Waals surface area contributed by atoms with E-state index in [1.165, 1.54) is 0 Å². The number of nitrogens with one attached hydrogen (secondary N) is 2. The highest BCUT2D eigenvalue weighted by molar-refractivity contribution is 5.95. The average molecular weight is 425 g/mol. The first-order chi connectivity index (χ1) is 14.7. The van der Waals surface area contributed by atoms with Crippen LogP contribution in [0, 0.1) is 6.92 Å². The Morgan fingerprint density at radius 1 is 1.00 bits per heavy atom. The number of nitrogens with zero attached hydrogens (tertiary/aromatic N) is 1. The normalized spacial score (nSPS) is 10.9. The van der Waals surface area contributed by atoms with Crippen molar-refractivity contribution in [1.29, 1.82) is 0 Å². The minimum atomic E-state index is -0.513. The van der Waals surface area contributed by atoms with Gasteiger partial charge in [0.1, 0.15) is 0 Å². The molecule has 0 heterocycles. The fourth-order valence-corrected chi connectivity index (χ4v) is 3.27. The molecule has 2 rings (SSSR count). The minimum Gasteiger partial charge on any atom is -0.366 e. The van der Waals surface area contributed by atoms with Gasteiger partial charge in [-0.3, -0.25) is 19.3 Å². The molecule has 0 radical (unpaired) electrons. The maximum atomic E-state index is 12.6. The van der Waals surface area contributed by atoms with Crippen LogP contribution in [0.3, 0.4) is 0 Å². The Bertz CT molecular complexity index is 923. The molecule has 2 aromatic rings. The van der Waals surface area contributed by atoms with Crippen molar-refractivity contribution in [2.75, 3.05) is 30.3 Å². The Hall–Kier alpha value is -3.19. The van der Waals surface area contributed by atoms with Crippen molar-refractivity contribution in [2.45, 2.75) is 40.0 Å². The van der Waals surface area contributed by atoms with Crippen molar-refractivity contribution in [3.8, 4) is 0 Å². The third-order valence-electron chi connectivity index (χ3n) is 5.11. The zero-order valence-electron chi connectivity index (χ0n) is 18.7. The third kappa shape index (κ3) is 7.22. The lowest BCUT2D eigenvalue weighted by Gasteiger charge is -2.21. The first-order valence-corrected chi connectivity index (χ1v) is 10.5. The number of para-hydroxylation sites is 1. The number of carbonyl (C=O) groups excluding carboxylic acids is 3. The van der Waals surface area contributed by atoms with Gasteiger partial charge in [0.25, 0.3) is 0 Å². The van der Waals surface area contributed by atoms with Crippen molar-refractivity contribution in [1.82, 2.24) is 4.90 Å². The van der Waals surface area contributed by atoms with Gasteiger partial charge in [0.2, 0.25) is 17.7 Å². The van der Waals surface area contributed by atoms with Gasteiger partial charge in [-0.15, -0.1) is 0 Å². The number of hydrogen-bond donors (Lipinski definition) is 3. The first kappa shape index (κ1) is 24.1. The van der Waals surface area contributed by atoms with Crippen LogP contribution in [0.15, 0.2) is 42.5 Å². The summed E-state index contributed by atoms with van der Waals surface area (Å²) >= 11 is 0. The smallest absolute Gasteiger partial charge is 0.248 e. The van der Waals surface area contributed by atoms with Crippen LogP contribution in [0.2, 0.25) is 0 Å². The molecule has 31 heavy (non-hydrogen) atoms. The number of rotatable bonds is 10. The molecule has 4 N–H and O–H groups in total. The summed E-state index contributed by atoms with van der Waals surface area (Å²) in [6, 6.07) is 12.4. The van der Waals surface area contributed by atoms with Crippen LogP contribution in [0.25, 0.3) is 0 Å². The average Bonchev–Trinajstić information content (AvgIpc) is 2.72. The van der Waals surface area contributed by atoms with Gasteiger partial charge in [0, 0.05) is 29.9 Å². The van der Waals surface area contributed by atoms with Gasteiger partial charge in [-0.25, -0.2) is 0 Å². The lowest BCUT2D eigenvalue weighted by atomic mass is 9.98. The zero-order chi connectivity index (χ0) is 23.0. The minimum absolute atomic E-state index is 0.0968. The monoisotopic (exact) mass is 424 g/mol. The molecule has 0 atom stereocenters. The quantitative estimate of drug-likeness (QED) is 0.543. The van der Waals surface area contributed by atoms with E-state index in [1.807, 2.05) is 36.9 Å². The molecule has 166 valence electrons. The van der Waals surface area contributed by atoms with Crippen LogP contribution in [-0.4, -0.2) is 42.3 Å². The van der Waals surface area contributed by atoms with E-state index in [1.54, 1.807) is 24.3 Å². The lowest BCUT2D eigenvalue weighted by Crippen LogP contribution is -2.35. The van der Waals surface area contributed by atoms with Gasteiger partial charge in [-0.05, 0) is 54.8 Å². The molecule has 0 saturated heterocycles. The van der Waals surface area contributed by atoms with E-state index in [2.05, 4.69) is 24.5 Å². The number of carbonyl (C=O) groups is 3. The van der Waals surface area contributed by atoms with E-state index in [9.17, 15) is 14.4 Å². The maximum Gasteiger partial charge on any atom is 0.248 e. The van der Waals surface area contributed by atoms with E-state index >= 15 is 0 Å². The predicted molar refractivity (Wildman–Crippen MR) is 124 cm³/mol. The summed E-state index contributed by atoms with van der Waals surface area (Å²) in [4.78, 5) is 37.9. The highest BCUT2D eigenvalue weighted by Crippen LogP contribution is 2.27. The summed E-state index contributed by atoms with van der Waals surface area (Å²) in [5, 5.41) is 5.84. The number of nitrogens with two attached hydrogens (primary N) is 1. The van der Waals surface area contributed by atoms with Gasteiger partial charge in [-0.2, -0.15) is 0 Å². The second-order valence-corrected chi connectivity index (χ2v) is 7.85. The van der Waals surface area contributed by atoms with Crippen molar-refractivity contribution >= 4 is 29.1 Å². The second-order valence-electron chi connectivity index (χ2n) is 7.85. The largest absolute Gasteiger partial charge is 0.366 e. The number of amides is 3. The number of hydrogen-bond acceptors (Lipinski definition) is 4. The molecule has 0 aliphatic heterocycles. The summed E-state index contributed by atoms with van der Waals surface area (Å²) in [5.74, 6) is -0.466. The van der Waals surface area contributed by atoms with E-state index in [4.69, 9.17) is 5.73 Å². The number of likely N-dealkylation sites (N-methyl/N-ethyl adjacent to an activating group) is 1. The fourth-order valence-electron chi connectivity index (χ4n) is 3.27. The van der Waals surface area contributed by atoms with Crippen LogP contribution in [0.4, 0.5) is 11.4 Å². The van der Waals surface area contributed by atoms with Crippen LogP contribution in [0.1, 0.15) is 54.6 Å². The predicted octanol–water partition coefficient (Wildman–Crippen LogP) is 3.51. The molecule has 0 aromatic heterocycles. The van der Waals surface area contributed by atoms with Crippen molar-refractivity contribution in [3.05, 3.63) is 59.2 Å². The molecule has 0 spiro atoms. The molecule has 0 aliphatic carbocycles. The van der Waals surface area contributed by atoms with Gasteiger partial charge in [0.05, 0.1) is 6.54 Å². The Morgan fingerprint density at radius 3 is 2.26 bits per heavy atom. The molecule has 3 amide bonds. The Balaban J connectivity index is 1.88. The second kappa shape index (κ2) is 11.3. The number of primary amides is 1. The van der Waals surface area contributed by atoms with E-state index in [0.29, 0.717) is 30.3 Å². The van der Waals surface area contributed by atoms with Crippen molar-refractivity contribution in [2.24, 2.45) is 5.73 Å². The van der Waals surface area contributed by atoms with Gasteiger partial charge in [0.15, 0.2) is 0 Å². The van der Waals surface area contributed by atoms with E-state index in [0.717, 1.165) is 16.8 Å². The van der Waals surface area contributed by atoms with Gasteiger partial charge in [-0.1, -0.05) is 39.0 Å². The molecule has 0 fully saturated rings. The summed E-state index contributed by atoms with van der Waals surface area (Å²) in [5.41, 5.74) is 9.21. The lowest BCUT2D eigenvalue weighted by molar-refractivity contribution is -0.119. The zero-order valence-corrected chi connectivity index (χ0v) is 18.7. The summed E-state index contributed by atoms with van der Waals surface area (Å²) in [6.45, 7) is 9.47. The number of aryl methyl sites for hydroxylation is 1. The summed E-state index contributed by atoms with van der Waals surface area (Å²) in [6.07, 6.45) is 0.250. The van der Waals surface area contributed by atoms with E-state index < -0.39 is 5.91 Å². The Kier molecular flexibility index (Phi) is 8.75. The Morgan fingerprint density at radius 2 is 1.68 bits per heavy atom. The summed E-state index contributed by atoms with van der Waals surface area (Å²) < 4.78 is 0. The Labute approximate surface area is 184 Å². The standard InChI is InChI=1S/C24H32N4O3/c1-5-28(14-13-21(29)26-19-11-9-18(10-12-19)24(25)31)15-22(30)27-23-17(4)7-6-8-20(23)16(2)3/h6-12,16H,5,13-15H2,1-4H3,(H2,25,31)(H,26,29)(H,27,30). The van der Waals surface area contributed by atoms with E-state index in [-0.39, 0.29) is 24.8 Å². The van der Waals surface area contributed by atoms with Gasteiger partial charge < -0.3 is 16.4 Å². The molecule has 0 bridgehead atoms. The van der Waals surface area contributed by atoms with Crippen LogP contribution < -0.4 is 16.4 Å². The topological polar surface area (TPSA) is 105 Å². The molecule has 0 unspecified atom stereocenters. The van der Waals surface area contributed by atoms with Crippen LogP contribution >= 0.6 is 0 Å². The third-order valence-corrected chi connectivity index (χ3v) is 5.11. The molecular formula is C24H32N4O3. The molecule has 7 nitrogen and oxygen atoms in total. The highest BCUT2D eigenvalue weighted by Gasteiger charge is 2.15. The van der Waals surface area contributed by atoms with Crippen molar-refractivity contribution in [3.63, 3.8) is 0 Å². The fraction of sp³-hybridized carbons (Fsp3) is 0.375. The van der Waals surface area contributed by atoms with Crippen molar-refractivity contribution < 1.29 is 14.4 Å². The highest BCUT2D eigenvalue weighted by atomic mass is 16.2.